The fourth-order valence-corrected chi connectivity index (χ4v) is 2.26. The van der Waals surface area contributed by atoms with Crippen molar-refractivity contribution < 1.29 is 19.1 Å². The van der Waals surface area contributed by atoms with Gasteiger partial charge in [0.1, 0.15) is 5.92 Å². The van der Waals surface area contributed by atoms with E-state index < -0.39 is 23.8 Å². The first-order valence-corrected chi connectivity index (χ1v) is 6.69. The lowest BCUT2D eigenvalue weighted by Gasteiger charge is -2.31. The molecule has 1 fully saturated rings. The second-order valence-corrected chi connectivity index (χ2v) is 5.14. The van der Waals surface area contributed by atoms with Crippen molar-refractivity contribution in [2.24, 2.45) is 0 Å². The predicted molar refractivity (Wildman–Crippen MR) is 75.6 cm³/mol. The van der Waals surface area contributed by atoms with Crippen LogP contribution in [0.3, 0.4) is 0 Å². The Balaban J connectivity index is 2.31. The Morgan fingerprint density at radius 1 is 1.33 bits per heavy atom. The summed E-state index contributed by atoms with van der Waals surface area (Å²) in [6.07, 6.45) is -0.300. The second-order valence-electron chi connectivity index (χ2n) is 5.14. The van der Waals surface area contributed by atoms with E-state index in [-0.39, 0.29) is 12.6 Å². The van der Waals surface area contributed by atoms with E-state index in [9.17, 15) is 14.4 Å². The van der Waals surface area contributed by atoms with Crippen LogP contribution in [0.1, 0.15) is 24.0 Å². The minimum atomic E-state index is -0.994. The average Bonchev–Trinajstić information content (AvgIpc) is 2.43. The molecule has 1 aromatic rings. The van der Waals surface area contributed by atoms with E-state index in [4.69, 9.17) is 4.74 Å². The molecule has 112 valence electrons. The van der Waals surface area contributed by atoms with Crippen LogP contribution in [0.2, 0.25) is 0 Å². The Morgan fingerprint density at radius 2 is 2.05 bits per heavy atom. The normalized spacial score (nSPS) is 20.4. The number of methoxy groups -OCH3 is 1. The Bertz CT molecular complexity index is 585. The van der Waals surface area contributed by atoms with Crippen molar-refractivity contribution in [1.29, 1.82) is 0 Å². The number of benzene rings is 1. The Kier molecular flexibility index (Phi) is 4.37. The molecule has 2 unspecified atom stereocenters. The Hall–Kier alpha value is -2.21. The van der Waals surface area contributed by atoms with Gasteiger partial charge in [-0.1, -0.05) is 29.8 Å². The summed E-state index contributed by atoms with van der Waals surface area (Å²) in [5, 5.41) is 2.23. The van der Waals surface area contributed by atoms with Crippen LogP contribution in [-0.2, 0) is 14.3 Å². The van der Waals surface area contributed by atoms with Gasteiger partial charge < -0.3 is 4.74 Å². The highest BCUT2D eigenvalue weighted by atomic mass is 16.5. The number of carbonyl (C=O) groups excluding carboxylic acids is 3. The van der Waals surface area contributed by atoms with Gasteiger partial charge in [0.2, 0.25) is 11.8 Å². The van der Waals surface area contributed by atoms with Crippen molar-refractivity contribution in [3.63, 3.8) is 0 Å². The van der Waals surface area contributed by atoms with Gasteiger partial charge in [0.15, 0.2) is 0 Å². The number of rotatable bonds is 4. The lowest BCUT2D eigenvalue weighted by atomic mass is 9.94. The van der Waals surface area contributed by atoms with E-state index in [2.05, 4.69) is 5.32 Å². The third-order valence-electron chi connectivity index (χ3n) is 3.47. The van der Waals surface area contributed by atoms with Gasteiger partial charge in [-0.3, -0.25) is 19.8 Å². The topological polar surface area (TPSA) is 75.7 Å². The van der Waals surface area contributed by atoms with Crippen LogP contribution >= 0.6 is 0 Å². The molecule has 2 atom stereocenters. The number of imide groups is 2. The summed E-state index contributed by atoms with van der Waals surface area (Å²) >= 11 is 0. The number of hydrogen-bond donors (Lipinski definition) is 1. The standard InChI is InChI=1S/C15H18N2O4/c1-9-5-4-6-11(7-9)12-13(18)16-15(20)17(14(12)19)8-10(2)21-3/h4-7,10,12H,8H2,1-3H3,(H,16,18,20). The average molecular weight is 290 g/mol. The van der Waals surface area contributed by atoms with E-state index >= 15 is 0 Å². The third-order valence-corrected chi connectivity index (χ3v) is 3.47. The molecule has 2 rings (SSSR count). The summed E-state index contributed by atoms with van der Waals surface area (Å²) in [5.41, 5.74) is 1.53. The number of nitrogens with one attached hydrogen (secondary N) is 1. The molecule has 1 saturated heterocycles. The van der Waals surface area contributed by atoms with E-state index in [0.717, 1.165) is 10.5 Å². The van der Waals surface area contributed by atoms with Crippen molar-refractivity contribution in [2.75, 3.05) is 13.7 Å². The molecular weight excluding hydrogens is 272 g/mol. The van der Waals surface area contributed by atoms with Crippen LogP contribution in [0, 0.1) is 6.92 Å². The number of aryl methyl sites for hydroxylation is 1. The Labute approximate surface area is 123 Å². The third kappa shape index (κ3) is 3.11. The molecule has 21 heavy (non-hydrogen) atoms. The predicted octanol–water partition coefficient (Wildman–Crippen LogP) is 1.19. The van der Waals surface area contributed by atoms with Crippen molar-refractivity contribution in [3.05, 3.63) is 35.4 Å². The Morgan fingerprint density at radius 3 is 2.67 bits per heavy atom. The lowest BCUT2D eigenvalue weighted by molar-refractivity contribution is -0.139. The van der Waals surface area contributed by atoms with Crippen LogP contribution in [0.15, 0.2) is 24.3 Å². The molecular formula is C15H18N2O4. The second kappa shape index (κ2) is 6.05. The van der Waals surface area contributed by atoms with E-state index in [1.165, 1.54) is 7.11 Å². The van der Waals surface area contributed by atoms with Crippen LogP contribution in [0.25, 0.3) is 0 Å². The van der Waals surface area contributed by atoms with E-state index in [1.807, 2.05) is 13.0 Å². The van der Waals surface area contributed by atoms with Gasteiger partial charge in [-0.2, -0.15) is 0 Å². The number of carbonyl (C=O) groups is 3. The quantitative estimate of drug-likeness (QED) is 0.845. The molecule has 0 radical (unpaired) electrons. The molecule has 0 aromatic heterocycles. The van der Waals surface area contributed by atoms with Crippen LogP contribution in [-0.4, -0.2) is 42.5 Å². The smallest absolute Gasteiger partial charge is 0.330 e. The summed E-state index contributed by atoms with van der Waals surface area (Å²) in [4.78, 5) is 37.4. The number of ether oxygens (including phenoxy) is 1. The number of hydrogen-bond acceptors (Lipinski definition) is 4. The molecule has 1 heterocycles. The van der Waals surface area contributed by atoms with Gasteiger partial charge in [0.25, 0.3) is 0 Å². The summed E-state index contributed by atoms with van der Waals surface area (Å²) in [6, 6.07) is 6.45. The molecule has 0 aliphatic carbocycles. The maximum absolute atomic E-state index is 12.5. The van der Waals surface area contributed by atoms with Crippen LogP contribution in [0.5, 0.6) is 0 Å². The largest absolute Gasteiger partial charge is 0.380 e. The molecule has 0 spiro atoms. The summed E-state index contributed by atoms with van der Waals surface area (Å²) in [6.45, 7) is 3.74. The van der Waals surface area contributed by atoms with Crippen LogP contribution < -0.4 is 5.32 Å². The van der Waals surface area contributed by atoms with Crippen LogP contribution in [0.4, 0.5) is 4.79 Å². The molecule has 1 aliphatic rings. The molecule has 6 nitrogen and oxygen atoms in total. The van der Waals surface area contributed by atoms with E-state index in [0.29, 0.717) is 5.56 Å². The number of urea groups is 1. The lowest BCUT2D eigenvalue weighted by Crippen LogP contribution is -2.58. The van der Waals surface area contributed by atoms with Gasteiger partial charge in [0.05, 0.1) is 12.6 Å². The fraction of sp³-hybridized carbons (Fsp3) is 0.400. The fourth-order valence-electron chi connectivity index (χ4n) is 2.26. The van der Waals surface area contributed by atoms with Crippen molar-refractivity contribution in [3.8, 4) is 0 Å². The minimum Gasteiger partial charge on any atom is -0.380 e. The van der Waals surface area contributed by atoms with Crippen molar-refractivity contribution in [1.82, 2.24) is 10.2 Å². The highest BCUT2D eigenvalue weighted by Crippen LogP contribution is 2.23. The molecule has 0 saturated carbocycles. The monoisotopic (exact) mass is 290 g/mol. The zero-order valence-corrected chi connectivity index (χ0v) is 12.3. The minimum absolute atomic E-state index is 0.108. The zero-order valence-electron chi connectivity index (χ0n) is 12.3. The summed E-state index contributed by atoms with van der Waals surface area (Å²) < 4.78 is 5.08. The van der Waals surface area contributed by atoms with Gasteiger partial charge in [-0.05, 0) is 19.4 Å². The highest BCUT2D eigenvalue weighted by molar-refractivity contribution is 6.19. The maximum Gasteiger partial charge on any atom is 0.330 e. The summed E-state index contributed by atoms with van der Waals surface area (Å²) in [5.74, 6) is -2.10. The highest BCUT2D eigenvalue weighted by Gasteiger charge is 2.41. The molecule has 4 amide bonds. The van der Waals surface area contributed by atoms with Crippen molar-refractivity contribution >= 4 is 17.8 Å². The zero-order chi connectivity index (χ0) is 15.6. The first-order chi connectivity index (χ1) is 9.93. The van der Waals surface area contributed by atoms with E-state index in [1.54, 1.807) is 25.1 Å². The van der Waals surface area contributed by atoms with Crippen molar-refractivity contribution in [2.45, 2.75) is 25.9 Å². The number of barbiturate groups is 1. The van der Waals surface area contributed by atoms with Gasteiger partial charge >= 0.3 is 6.03 Å². The number of nitrogens with zero attached hydrogens (tertiary/aromatic N) is 1. The van der Waals surface area contributed by atoms with Gasteiger partial charge in [-0.15, -0.1) is 0 Å². The first kappa shape index (κ1) is 15.2. The maximum atomic E-state index is 12.5. The SMILES string of the molecule is COC(C)CN1C(=O)NC(=O)C(c2cccc(C)c2)C1=O. The molecule has 1 aliphatic heterocycles. The molecule has 0 bridgehead atoms. The summed E-state index contributed by atoms with van der Waals surface area (Å²) in [7, 11) is 1.50. The van der Waals surface area contributed by atoms with Gasteiger partial charge in [-0.25, -0.2) is 4.79 Å². The number of amides is 4. The molecule has 1 N–H and O–H groups in total. The van der Waals surface area contributed by atoms with Gasteiger partial charge in [0, 0.05) is 7.11 Å². The first-order valence-electron chi connectivity index (χ1n) is 6.69. The molecule has 6 heteroatoms. The molecule has 1 aromatic carbocycles.